The molecule has 7 heteroatoms. The van der Waals surface area contributed by atoms with E-state index in [9.17, 15) is 9.18 Å². The predicted molar refractivity (Wildman–Crippen MR) is 75.7 cm³/mol. The van der Waals surface area contributed by atoms with Gasteiger partial charge in [0.1, 0.15) is 11.2 Å². The molecule has 1 aliphatic heterocycles. The number of hydrogen-bond acceptors (Lipinski definition) is 4. The van der Waals surface area contributed by atoms with E-state index in [0.29, 0.717) is 31.7 Å². The van der Waals surface area contributed by atoms with Crippen molar-refractivity contribution in [3.05, 3.63) is 30.1 Å². The number of rotatable bonds is 3. The summed E-state index contributed by atoms with van der Waals surface area (Å²) in [5.74, 6) is -0.797. The highest BCUT2D eigenvalue weighted by Crippen LogP contribution is 2.34. The van der Waals surface area contributed by atoms with Crippen molar-refractivity contribution in [2.45, 2.75) is 12.8 Å². The van der Waals surface area contributed by atoms with Gasteiger partial charge in [-0.2, -0.15) is 0 Å². The van der Waals surface area contributed by atoms with E-state index in [-0.39, 0.29) is 17.6 Å². The van der Waals surface area contributed by atoms with Crippen LogP contribution in [0.2, 0.25) is 0 Å². The van der Waals surface area contributed by atoms with Crippen molar-refractivity contribution in [3.63, 3.8) is 0 Å². The number of ether oxygens (including phenoxy) is 1. The molecule has 114 valence electrons. The highest BCUT2D eigenvalue weighted by atomic mass is 19.1. The number of carbonyl (C=O) groups is 1. The van der Waals surface area contributed by atoms with E-state index in [2.05, 4.69) is 5.16 Å². The van der Waals surface area contributed by atoms with Crippen molar-refractivity contribution in [2.24, 2.45) is 16.3 Å². The Labute approximate surface area is 122 Å². The van der Waals surface area contributed by atoms with Crippen LogP contribution in [0.5, 0.6) is 0 Å². The van der Waals surface area contributed by atoms with Gasteiger partial charge >= 0.3 is 0 Å². The van der Waals surface area contributed by atoms with Gasteiger partial charge in [0, 0.05) is 25.9 Å². The molecule has 1 aromatic carbocycles. The van der Waals surface area contributed by atoms with Crippen LogP contribution < -0.4 is 10.6 Å². The van der Waals surface area contributed by atoms with Crippen molar-refractivity contribution >= 4 is 17.4 Å². The van der Waals surface area contributed by atoms with Crippen molar-refractivity contribution in [2.75, 3.05) is 25.2 Å². The summed E-state index contributed by atoms with van der Waals surface area (Å²) in [6, 6.07) is 5.57. The minimum Gasteiger partial charge on any atom is -0.409 e. The molecular weight excluding hydrogens is 277 g/mol. The lowest BCUT2D eigenvalue weighted by Crippen LogP contribution is -2.53. The molecule has 0 saturated carbocycles. The maximum Gasteiger partial charge on any atom is 0.240 e. The number of nitrogens with zero attached hydrogens (tertiary/aromatic N) is 2. The van der Waals surface area contributed by atoms with E-state index in [1.807, 2.05) is 0 Å². The molecule has 1 aliphatic rings. The summed E-state index contributed by atoms with van der Waals surface area (Å²) in [6.45, 7) is 0.721. The maximum atomic E-state index is 13.0. The third kappa shape index (κ3) is 2.82. The Morgan fingerprint density at radius 2 is 1.95 bits per heavy atom. The van der Waals surface area contributed by atoms with Crippen LogP contribution >= 0.6 is 0 Å². The summed E-state index contributed by atoms with van der Waals surface area (Å²) in [7, 11) is 1.58. The Morgan fingerprint density at radius 3 is 2.48 bits per heavy atom. The molecule has 6 nitrogen and oxygen atoms in total. The molecule has 0 unspecified atom stereocenters. The van der Waals surface area contributed by atoms with Crippen molar-refractivity contribution in [1.82, 2.24) is 0 Å². The second-order valence-electron chi connectivity index (χ2n) is 5.02. The molecule has 1 aromatic rings. The van der Waals surface area contributed by atoms with E-state index in [1.165, 1.54) is 29.2 Å². The van der Waals surface area contributed by atoms with Gasteiger partial charge in [0.15, 0.2) is 5.84 Å². The number of hydrogen-bond donors (Lipinski definition) is 2. The molecule has 1 heterocycles. The zero-order valence-corrected chi connectivity index (χ0v) is 11.8. The van der Waals surface area contributed by atoms with Gasteiger partial charge in [0.2, 0.25) is 5.91 Å². The van der Waals surface area contributed by atoms with Crippen LogP contribution in [-0.2, 0) is 9.53 Å². The highest BCUT2D eigenvalue weighted by Gasteiger charge is 2.46. The van der Waals surface area contributed by atoms with Crippen LogP contribution in [0.3, 0.4) is 0 Å². The Balaban J connectivity index is 2.31. The fourth-order valence-electron chi connectivity index (χ4n) is 2.50. The summed E-state index contributed by atoms with van der Waals surface area (Å²) in [5, 5.41) is 12.0. The van der Waals surface area contributed by atoms with Gasteiger partial charge in [-0.25, -0.2) is 4.39 Å². The summed E-state index contributed by atoms with van der Waals surface area (Å²) in [6.07, 6.45) is 0.681. The van der Waals surface area contributed by atoms with E-state index >= 15 is 0 Å². The molecule has 2 rings (SSSR count). The molecule has 0 radical (unpaired) electrons. The van der Waals surface area contributed by atoms with E-state index in [1.54, 1.807) is 7.05 Å². The van der Waals surface area contributed by atoms with Crippen LogP contribution in [0.4, 0.5) is 10.1 Å². The van der Waals surface area contributed by atoms with Gasteiger partial charge in [-0.3, -0.25) is 4.79 Å². The van der Waals surface area contributed by atoms with Crippen LogP contribution in [0.1, 0.15) is 12.8 Å². The Kier molecular flexibility index (Phi) is 4.42. The highest BCUT2D eigenvalue weighted by molar-refractivity contribution is 6.12. The monoisotopic (exact) mass is 295 g/mol. The smallest absolute Gasteiger partial charge is 0.240 e. The quantitative estimate of drug-likeness (QED) is 0.381. The van der Waals surface area contributed by atoms with Gasteiger partial charge in [0.05, 0.1) is 0 Å². The van der Waals surface area contributed by atoms with Crippen LogP contribution in [0, 0.1) is 11.2 Å². The topological polar surface area (TPSA) is 88.2 Å². The number of benzene rings is 1. The van der Waals surface area contributed by atoms with Crippen molar-refractivity contribution < 1.29 is 19.1 Å². The molecule has 0 bridgehead atoms. The number of oxime groups is 1. The lowest BCUT2D eigenvalue weighted by Gasteiger charge is -2.37. The van der Waals surface area contributed by atoms with Gasteiger partial charge in [-0.15, -0.1) is 0 Å². The van der Waals surface area contributed by atoms with Gasteiger partial charge in [-0.1, -0.05) is 5.16 Å². The third-order valence-corrected chi connectivity index (χ3v) is 3.87. The number of halogens is 1. The first-order chi connectivity index (χ1) is 10.0. The van der Waals surface area contributed by atoms with E-state index in [0.717, 1.165) is 0 Å². The zero-order valence-electron chi connectivity index (χ0n) is 11.8. The van der Waals surface area contributed by atoms with E-state index in [4.69, 9.17) is 15.7 Å². The van der Waals surface area contributed by atoms with Gasteiger partial charge in [0.25, 0.3) is 0 Å². The lowest BCUT2D eigenvalue weighted by molar-refractivity contribution is -0.128. The van der Waals surface area contributed by atoms with Crippen molar-refractivity contribution in [3.8, 4) is 0 Å². The molecule has 1 amide bonds. The number of amidine groups is 1. The second kappa shape index (κ2) is 6.09. The number of anilines is 1. The lowest BCUT2D eigenvalue weighted by atomic mass is 9.77. The first kappa shape index (κ1) is 15.2. The number of amides is 1. The average Bonchev–Trinajstić information content (AvgIpc) is 2.54. The summed E-state index contributed by atoms with van der Waals surface area (Å²) in [4.78, 5) is 14.2. The summed E-state index contributed by atoms with van der Waals surface area (Å²) < 4.78 is 18.2. The van der Waals surface area contributed by atoms with Gasteiger partial charge in [-0.05, 0) is 37.1 Å². The van der Waals surface area contributed by atoms with Crippen molar-refractivity contribution in [1.29, 1.82) is 0 Å². The SMILES string of the molecule is CN(C(=O)C1(C(N)=NO)CCOCC1)c1ccc(F)cc1. The Bertz CT molecular complexity index is 539. The molecule has 1 fully saturated rings. The molecule has 0 atom stereocenters. The number of nitrogens with two attached hydrogens (primary N) is 1. The third-order valence-electron chi connectivity index (χ3n) is 3.87. The first-order valence-electron chi connectivity index (χ1n) is 6.61. The predicted octanol–water partition coefficient (Wildman–Crippen LogP) is 1.33. The summed E-state index contributed by atoms with van der Waals surface area (Å²) in [5.41, 5.74) is 5.21. The first-order valence-corrected chi connectivity index (χ1v) is 6.61. The maximum absolute atomic E-state index is 13.0. The van der Waals surface area contributed by atoms with Crippen LogP contribution in [0.25, 0.3) is 0 Å². The fraction of sp³-hybridized carbons (Fsp3) is 0.429. The molecule has 1 saturated heterocycles. The normalized spacial score (nSPS) is 18.3. The Hall–Kier alpha value is -2.15. The minimum atomic E-state index is -1.09. The van der Waals surface area contributed by atoms with E-state index < -0.39 is 5.41 Å². The van der Waals surface area contributed by atoms with Crippen LogP contribution in [0.15, 0.2) is 29.4 Å². The van der Waals surface area contributed by atoms with Crippen LogP contribution in [-0.4, -0.2) is 37.2 Å². The van der Waals surface area contributed by atoms with Gasteiger partial charge < -0.3 is 20.6 Å². The standard InChI is InChI=1S/C14H18FN3O3/c1-18(11-4-2-10(15)3-5-11)13(19)14(12(16)17-20)6-8-21-9-7-14/h2-5,20H,6-9H2,1H3,(H2,16,17). The molecule has 21 heavy (non-hydrogen) atoms. The largest absolute Gasteiger partial charge is 0.409 e. The Morgan fingerprint density at radius 1 is 1.38 bits per heavy atom. The molecule has 0 spiro atoms. The molecular formula is C14H18FN3O3. The number of carbonyl (C=O) groups excluding carboxylic acids is 1. The summed E-state index contributed by atoms with van der Waals surface area (Å²) >= 11 is 0. The molecule has 3 N–H and O–H groups in total. The molecule has 0 aliphatic carbocycles. The average molecular weight is 295 g/mol. The fourth-order valence-corrected chi connectivity index (χ4v) is 2.50. The minimum absolute atomic E-state index is 0.121. The molecule has 0 aromatic heterocycles. The zero-order chi connectivity index (χ0) is 15.5. The second-order valence-corrected chi connectivity index (χ2v) is 5.02.